The molecule has 1 aliphatic rings. The molecule has 0 saturated heterocycles. The number of aliphatic hydroxyl groups is 1. The number of aromatic amines is 1. The van der Waals surface area contributed by atoms with Crippen LogP contribution in [0.5, 0.6) is 0 Å². The lowest BCUT2D eigenvalue weighted by Gasteiger charge is -2.16. The zero-order chi connectivity index (χ0) is 21.1. The van der Waals surface area contributed by atoms with Gasteiger partial charge in [-0.15, -0.1) is 0 Å². The van der Waals surface area contributed by atoms with Crippen LogP contribution in [0.4, 0.5) is 11.4 Å². The van der Waals surface area contributed by atoms with Crippen LogP contribution in [0.3, 0.4) is 0 Å². The van der Waals surface area contributed by atoms with E-state index in [2.05, 4.69) is 33.3 Å². The van der Waals surface area contributed by atoms with E-state index in [0.29, 0.717) is 11.3 Å². The maximum absolute atomic E-state index is 9.69. The minimum Gasteiger partial charge on any atom is -0.390 e. The van der Waals surface area contributed by atoms with Crippen LogP contribution in [0, 0.1) is 25.2 Å². The van der Waals surface area contributed by atoms with Crippen LogP contribution in [0.15, 0.2) is 53.8 Å². The molecule has 3 heterocycles. The Kier molecular flexibility index (Phi) is 5.46. The van der Waals surface area contributed by atoms with Crippen LogP contribution in [0.1, 0.15) is 28.8 Å². The molecule has 0 radical (unpaired) electrons. The van der Waals surface area contributed by atoms with Gasteiger partial charge in [-0.1, -0.05) is 18.2 Å². The van der Waals surface area contributed by atoms with E-state index in [1.165, 1.54) is 0 Å². The molecule has 2 aromatic heterocycles. The molecule has 1 unspecified atom stereocenters. The number of anilines is 2. The average molecular weight is 397 g/mol. The summed E-state index contributed by atoms with van der Waals surface area (Å²) in [5.41, 5.74) is 6.70. The number of nitrogens with zero attached hydrogens (tertiary/aromatic N) is 3. The molecule has 30 heavy (non-hydrogen) atoms. The molecule has 0 aliphatic carbocycles. The highest BCUT2D eigenvalue weighted by Gasteiger charge is 2.14. The molecule has 3 aromatic rings. The Bertz CT molecular complexity index is 1230. The molecule has 4 rings (SSSR count). The van der Waals surface area contributed by atoms with Crippen LogP contribution in [0.25, 0.3) is 17.0 Å². The molecule has 1 atom stereocenters. The predicted octanol–water partition coefficient (Wildman–Crippen LogP) is 4.57. The van der Waals surface area contributed by atoms with Crippen molar-refractivity contribution in [2.24, 2.45) is 4.99 Å². The zero-order valence-corrected chi connectivity index (χ0v) is 17.0. The molecular formula is C24H23N5O. The molecule has 1 aromatic carbocycles. The minimum atomic E-state index is -0.0704. The van der Waals surface area contributed by atoms with Crippen molar-refractivity contribution in [3.8, 4) is 6.07 Å². The maximum atomic E-state index is 9.69. The number of aliphatic imine (C=N–C) groups is 1. The lowest BCUT2D eigenvalue weighted by atomic mass is 10.0. The van der Waals surface area contributed by atoms with Crippen LogP contribution in [-0.4, -0.2) is 33.4 Å². The summed E-state index contributed by atoms with van der Waals surface area (Å²) in [4.78, 5) is 12.2. The number of rotatable bonds is 5. The van der Waals surface area contributed by atoms with Crippen molar-refractivity contribution in [1.29, 1.82) is 5.26 Å². The quantitative estimate of drug-likeness (QED) is 0.587. The molecule has 150 valence electrons. The fourth-order valence-corrected chi connectivity index (χ4v) is 3.67. The number of benzene rings is 1. The molecule has 0 bridgehead atoms. The monoisotopic (exact) mass is 397 g/mol. The second kappa shape index (κ2) is 8.36. The van der Waals surface area contributed by atoms with Crippen molar-refractivity contribution in [2.75, 3.05) is 11.9 Å². The summed E-state index contributed by atoms with van der Waals surface area (Å²) in [5.74, 6) is 0. The van der Waals surface area contributed by atoms with Gasteiger partial charge in [0.15, 0.2) is 0 Å². The summed E-state index contributed by atoms with van der Waals surface area (Å²) in [6, 6.07) is 8.30. The third-order valence-electron chi connectivity index (χ3n) is 5.37. The van der Waals surface area contributed by atoms with Gasteiger partial charge in [-0.3, -0.25) is 9.98 Å². The van der Waals surface area contributed by atoms with Gasteiger partial charge in [0.2, 0.25) is 0 Å². The van der Waals surface area contributed by atoms with Gasteiger partial charge in [-0.25, -0.2) is 0 Å². The number of dihydropyridines is 1. The highest BCUT2D eigenvalue weighted by molar-refractivity contribution is 5.96. The number of aliphatic hydroxyl groups excluding tert-OH is 1. The summed E-state index contributed by atoms with van der Waals surface area (Å²) in [6.45, 7) is 3.92. The smallest absolute Gasteiger partial charge is 0.103 e. The molecule has 6 nitrogen and oxygen atoms in total. The highest BCUT2D eigenvalue weighted by Crippen LogP contribution is 2.32. The molecule has 0 saturated carbocycles. The number of pyridine rings is 1. The first-order valence-electron chi connectivity index (χ1n) is 9.86. The molecule has 0 amide bonds. The van der Waals surface area contributed by atoms with Crippen molar-refractivity contribution in [2.45, 2.75) is 26.3 Å². The normalized spacial score (nSPS) is 16.1. The Balaban J connectivity index is 1.73. The van der Waals surface area contributed by atoms with E-state index in [4.69, 9.17) is 0 Å². The summed E-state index contributed by atoms with van der Waals surface area (Å²) >= 11 is 0. The van der Waals surface area contributed by atoms with Crippen molar-refractivity contribution in [3.05, 3.63) is 71.2 Å². The highest BCUT2D eigenvalue weighted by atomic mass is 16.3. The molecule has 0 fully saturated rings. The average Bonchev–Trinajstić information content (AvgIpc) is 3.25. The minimum absolute atomic E-state index is 0.0481. The largest absolute Gasteiger partial charge is 0.390 e. The molecular weight excluding hydrogens is 374 g/mol. The number of aryl methyl sites for hydroxylation is 2. The van der Waals surface area contributed by atoms with Crippen LogP contribution in [0.2, 0.25) is 0 Å². The van der Waals surface area contributed by atoms with Gasteiger partial charge in [-0.2, -0.15) is 5.26 Å². The second-order valence-corrected chi connectivity index (χ2v) is 7.30. The van der Waals surface area contributed by atoms with Crippen LogP contribution in [-0.2, 0) is 0 Å². The Morgan fingerprint density at radius 1 is 1.33 bits per heavy atom. The fourth-order valence-electron chi connectivity index (χ4n) is 3.67. The van der Waals surface area contributed by atoms with Crippen LogP contribution < -0.4 is 5.32 Å². The van der Waals surface area contributed by atoms with E-state index in [9.17, 15) is 10.4 Å². The van der Waals surface area contributed by atoms with Crippen LogP contribution >= 0.6 is 0 Å². The van der Waals surface area contributed by atoms with E-state index in [1.807, 2.05) is 55.6 Å². The zero-order valence-electron chi connectivity index (χ0n) is 17.0. The van der Waals surface area contributed by atoms with Crippen molar-refractivity contribution >= 4 is 34.1 Å². The van der Waals surface area contributed by atoms with Crippen molar-refractivity contribution < 1.29 is 5.11 Å². The number of aromatic nitrogens is 2. The standard InChI is InChI=1S/C24H23N5O/c1-15-20-10-11-26-23(20)9-8-22(15)29-24-17(12-25)13-27-16(2)21(24)7-6-18-4-3-5-19(14-30)28-18/h3,5-11,13,18,26,30H,4,14H2,1-2H3,(H,27,29)/b7-6+. The van der Waals surface area contributed by atoms with E-state index >= 15 is 0 Å². The topological polar surface area (TPSA) is 97.1 Å². The predicted molar refractivity (Wildman–Crippen MR) is 121 cm³/mol. The third-order valence-corrected chi connectivity index (χ3v) is 5.37. The first-order valence-corrected chi connectivity index (χ1v) is 9.86. The Morgan fingerprint density at radius 2 is 2.20 bits per heavy atom. The number of hydrogen-bond donors (Lipinski definition) is 3. The van der Waals surface area contributed by atoms with Gasteiger partial charge >= 0.3 is 0 Å². The number of nitrogens with one attached hydrogen (secondary N) is 2. The molecule has 0 spiro atoms. The van der Waals surface area contributed by atoms with Gasteiger partial charge in [0.25, 0.3) is 0 Å². The Morgan fingerprint density at radius 3 is 3.00 bits per heavy atom. The van der Waals surface area contributed by atoms with E-state index in [-0.39, 0.29) is 12.6 Å². The first-order chi connectivity index (χ1) is 14.6. The number of H-pyrrole nitrogens is 1. The molecule has 6 heteroatoms. The van der Waals surface area contributed by atoms with Gasteiger partial charge in [0.1, 0.15) is 6.07 Å². The van der Waals surface area contributed by atoms with Crippen molar-refractivity contribution in [3.63, 3.8) is 0 Å². The SMILES string of the molecule is Cc1ncc(C#N)c(Nc2ccc3[nH]ccc3c2C)c1/C=C/C1CC=CC(CO)=N1. The van der Waals surface area contributed by atoms with Gasteiger partial charge < -0.3 is 15.4 Å². The van der Waals surface area contributed by atoms with Crippen molar-refractivity contribution in [1.82, 2.24) is 9.97 Å². The van der Waals surface area contributed by atoms with Gasteiger partial charge in [0.05, 0.1) is 29.6 Å². The van der Waals surface area contributed by atoms with Gasteiger partial charge in [0, 0.05) is 40.2 Å². The molecule has 3 N–H and O–H groups in total. The van der Waals surface area contributed by atoms with E-state index in [0.717, 1.165) is 45.5 Å². The Hall–Kier alpha value is -3.69. The van der Waals surface area contributed by atoms with E-state index < -0.39 is 0 Å². The second-order valence-electron chi connectivity index (χ2n) is 7.30. The first kappa shape index (κ1) is 19.6. The summed E-state index contributed by atoms with van der Waals surface area (Å²) < 4.78 is 0. The van der Waals surface area contributed by atoms with Gasteiger partial charge in [-0.05, 0) is 50.1 Å². The Labute approximate surface area is 175 Å². The number of fused-ring (bicyclic) bond motifs is 1. The fraction of sp³-hybridized carbons (Fsp3) is 0.208. The maximum Gasteiger partial charge on any atom is 0.103 e. The lowest BCUT2D eigenvalue weighted by Crippen LogP contribution is -2.12. The lowest BCUT2D eigenvalue weighted by molar-refractivity contribution is 0.357. The van der Waals surface area contributed by atoms with E-state index in [1.54, 1.807) is 6.20 Å². The summed E-state index contributed by atoms with van der Waals surface area (Å²) in [5, 5.41) is 23.6. The number of hydrogen-bond acceptors (Lipinski definition) is 5. The number of nitriles is 1. The summed E-state index contributed by atoms with van der Waals surface area (Å²) in [6.07, 6.45) is 12.1. The summed E-state index contributed by atoms with van der Waals surface area (Å²) in [7, 11) is 0. The molecule has 1 aliphatic heterocycles. The third kappa shape index (κ3) is 3.76.